The van der Waals surface area contributed by atoms with Crippen molar-refractivity contribution in [2.75, 3.05) is 51.3 Å². The third-order valence-electron chi connectivity index (χ3n) is 6.61. The number of carbonyl (C=O) groups excluding carboxylic acids is 1. The molecule has 2 aromatic carbocycles. The molecule has 0 aliphatic carbocycles. The van der Waals surface area contributed by atoms with Gasteiger partial charge in [0.25, 0.3) is 0 Å². The van der Waals surface area contributed by atoms with Crippen LogP contribution < -0.4 is 9.64 Å². The van der Waals surface area contributed by atoms with Crippen molar-refractivity contribution in [1.82, 2.24) is 9.21 Å². The molecule has 12 heteroatoms. The largest absolute Gasteiger partial charge is 0.495 e. The minimum absolute atomic E-state index is 0.0237. The Kier molecular flexibility index (Phi) is 7.46. The second kappa shape index (κ2) is 10.3. The highest BCUT2D eigenvalue weighted by Crippen LogP contribution is 2.33. The second-order valence-electron chi connectivity index (χ2n) is 8.86. The fraction of sp³-hybridized carbons (Fsp3) is 0.458. The lowest BCUT2D eigenvalue weighted by molar-refractivity contribution is -0.137. The second-order valence-corrected chi connectivity index (χ2v) is 10.8. The molecule has 2 saturated heterocycles. The van der Waals surface area contributed by atoms with Crippen molar-refractivity contribution in [3.8, 4) is 5.75 Å². The molecule has 2 aromatic rings. The molecule has 4 rings (SSSR count). The van der Waals surface area contributed by atoms with Crippen molar-refractivity contribution < 1.29 is 35.5 Å². The van der Waals surface area contributed by atoms with Gasteiger partial charge in [-0.15, -0.1) is 0 Å². The van der Waals surface area contributed by atoms with Crippen LogP contribution in [-0.2, 0) is 21.0 Å². The number of piperidine rings is 1. The number of piperazine rings is 1. The van der Waals surface area contributed by atoms with Crippen LogP contribution >= 0.6 is 0 Å². The topological polar surface area (TPSA) is 70.2 Å². The molecule has 0 saturated carbocycles. The molecule has 2 heterocycles. The molecule has 0 N–H and O–H groups in total. The van der Waals surface area contributed by atoms with E-state index in [4.69, 9.17) is 4.74 Å². The summed E-state index contributed by atoms with van der Waals surface area (Å²) in [6, 6.07) is 8.36. The number of nitrogens with zero attached hydrogens (tertiary/aromatic N) is 3. The number of carbonyl (C=O) groups is 1. The van der Waals surface area contributed by atoms with Gasteiger partial charge in [0, 0.05) is 45.0 Å². The molecule has 0 aromatic heterocycles. The number of rotatable bonds is 5. The van der Waals surface area contributed by atoms with Crippen LogP contribution in [0.5, 0.6) is 5.75 Å². The molecule has 1 atom stereocenters. The number of alkyl halides is 3. The van der Waals surface area contributed by atoms with Gasteiger partial charge in [0.1, 0.15) is 16.5 Å². The van der Waals surface area contributed by atoms with Crippen LogP contribution in [-0.4, -0.2) is 69.9 Å². The Balaban J connectivity index is 1.41. The minimum Gasteiger partial charge on any atom is -0.495 e. The van der Waals surface area contributed by atoms with Crippen LogP contribution in [0.4, 0.5) is 23.2 Å². The number of hydrogen-bond acceptors (Lipinski definition) is 5. The van der Waals surface area contributed by atoms with Gasteiger partial charge in [-0.25, -0.2) is 12.8 Å². The highest BCUT2D eigenvalue weighted by Gasteiger charge is 2.37. The first-order valence-corrected chi connectivity index (χ1v) is 13.0. The summed E-state index contributed by atoms with van der Waals surface area (Å²) < 4.78 is 85.7. The molecule has 2 fully saturated rings. The van der Waals surface area contributed by atoms with Crippen molar-refractivity contribution in [3.05, 3.63) is 53.8 Å². The monoisotopic (exact) mass is 529 g/mol. The van der Waals surface area contributed by atoms with E-state index in [2.05, 4.69) is 0 Å². The summed E-state index contributed by atoms with van der Waals surface area (Å²) in [6.45, 7) is 1.53. The molecule has 36 heavy (non-hydrogen) atoms. The van der Waals surface area contributed by atoms with Gasteiger partial charge >= 0.3 is 6.18 Å². The summed E-state index contributed by atoms with van der Waals surface area (Å²) >= 11 is 0. The summed E-state index contributed by atoms with van der Waals surface area (Å²) in [7, 11) is -2.79. The number of anilines is 1. The Morgan fingerprint density at radius 2 is 1.75 bits per heavy atom. The number of halogens is 4. The molecule has 0 radical (unpaired) electrons. The van der Waals surface area contributed by atoms with E-state index >= 15 is 0 Å². The lowest BCUT2D eigenvalue weighted by atomic mass is 9.97. The lowest BCUT2D eigenvalue weighted by Crippen LogP contribution is -2.53. The van der Waals surface area contributed by atoms with Crippen LogP contribution in [0, 0.1) is 11.7 Å². The van der Waals surface area contributed by atoms with E-state index in [9.17, 15) is 30.8 Å². The van der Waals surface area contributed by atoms with Crippen molar-refractivity contribution in [1.29, 1.82) is 0 Å². The van der Waals surface area contributed by atoms with Crippen molar-refractivity contribution in [3.63, 3.8) is 0 Å². The van der Waals surface area contributed by atoms with E-state index in [1.54, 1.807) is 15.9 Å². The first kappa shape index (κ1) is 26.2. The summed E-state index contributed by atoms with van der Waals surface area (Å²) in [4.78, 5) is 16.4. The fourth-order valence-corrected chi connectivity index (χ4v) is 6.37. The lowest BCUT2D eigenvalue weighted by Gasteiger charge is -2.39. The van der Waals surface area contributed by atoms with Gasteiger partial charge in [0.05, 0.1) is 18.6 Å². The van der Waals surface area contributed by atoms with E-state index in [1.807, 2.05) is 0 Å². The maximum Gasteiger partial charge on any atom is 0.416 e. The molecular formula is C24H27F4N3O4S. The molecule has 0 spiro atoms. The number of amides is 1. The molecule has 1 amide bonds. The van der Waals surface area contributed by atoms with Gasteiger partial charge in [-0.3, -0.25) is 4.79 Å². The van der Waals surface area contributed by atoms with Crippen LogP contribution in [0.2, 0.25) is 0 Å². The van der Waals surface area contributed by atoms with Gasteiger partial charge in [-0.2, -0.15) is 17.5 Å². The number of sulfonamides is 1. The Hall–Kier alpha value is -2.86. The Labute approximate surface area is 207 Å². The maximum atomic E-state index is 13.8. The summed E-state index contributed by atoms with van der Waals surface area (Å²) in [5.74, 6) is -1.44. The average Bonchev–Trinajstić information content (AvgIpc) is 2.88. The molecular weight excluding hydrogens is 502 g/mol. The number of benzene rings is 2. The average molecular weight is 530 g/mol. The van der Waals surface area contributed by atoms with E-state index in [0.29, 0.717) is 44.7 Å². The van der Waals surface area contributed by atoms with E-state index in [1.165, 1.54) is 23.5 Å². The van der Waals surface area contributed by atoms with Crippen LogP contribution in [0.25, 0.3) is 0 Å². The summed E-state index contributed by atoms with van der Waals surface area (Å²) in [6.07, 6.45) is -3.45. The van der Waals surface area contributed by atoms with Crippen molar-refractivity contribution >= 4 is 21.6 Å². The van der Waals surface area contributed by atoms with Crippen LogP contribution in [0.15, 0.2) is 47.4 Å². The number of hydrogen-bond donors (Lipinski definition) is 0. The zero-order valence-corrected chi connectivity index (χ0v) is 20.5. The molecule has 7 nitrogen and oxygen atoms in total. The zero-order valence-electron chi connectivity index (χ0n) is 19.7. The summed E-state index contributed by atoms with van der Waals surface area (Å²) in [5, 5.41) is 0. The molecule has 0 unspecified atom stereocenters. The highest BCUT2D eigenvalue weighted by atomic mass is 32.2. The van der Waals surface area contributed by atoms with Gasteiger partial charge < -0.3 is 14.5 Å². The van der Waals surface area contributed by atoms with Gasteiger partial charge in [0.2, 0.25) is 15.9 Å². The van der Waals surface area contributed by atoms with Gasteiger partial charge in [-0.1, -0.05) is 6.07 Å². The van der Waals surface area contributed by atoms with Crippen molar-refractivity contribution in [2.24, 2.45) is 5.92 Å². The zero-order chi connectivity index (χ0) is 26.1. The smallest absolute Gasteiger partial charge is 0.416 e. The van der Waals surface area contributed by atoms with E-state index < -0.39 is 33.5 Å². The number of methoxy groups -OCH3 is 1. The molecule has 2 aliphatic rings. The van der Waals surface area contributed by atoms with Gasteiger partial charge in [0.15, 0.2) is 0 Å². The maximum absolute atomic E-state index is 13.8. The summed E-state index contributed by atoms with van der Waals surface area (Å²) in [5.41, 5.74) is -0.284. The predicted molar refractivity (Wildman–Crippen MR) is 125 cm³/mol. The highest BCUT2D eigenvalue weighted by molar-refractivity contribution is 7.89. The van der Waals surface area contributed by atoms with Gasteiger partial charge in [-0.05, 0) is 49.2 Å². The first-order valence-electron chi connectivity index (χ1n) is 11.6. The SMILES string of the molecule is COc1ccc(F)cc1S(=O)(=O)N1CCC[C@H](C(=O)N2CCN(c3cccc(C(F)(F)F)c3)CC2)C1. The van der Waals surface area contributed by atoms with Crippen molar-refractivity contribution in [2.45, 2.75) is 23.9 Å². The first-order chi connectivity index (χ1) is 17.0. The Morgan fingerprint density at radius 1 is 1.03 bits per heavy atom. The molecule has 2 aliphatic heterocycles. The quantitative estimate of drug-likeness (QED) is 0.554. The normalized spacial score (nSPS) is 19.9. The third-order valence-corrected chi connectivity index (χ3v) is 8.49. The fourth-order valence-electron chi connectivity index (χ4n) is 4.68. The Bertz CT molecular complexity index is 1210. The van der Waals surface area contributed by atoms with E-state index in [0.717, 1.165) is 24.3 Å². The van der Waals surface area contributed by atoms with Crippen LogP contribution in [0.3, 0.4) is 0 Å². The van der Waals surface area contributed by atoms with E-state index in [-0.39, 0.29) is 29.6 Å². The predicted octanol–water partition coefficient (Wildman–Crippen LogP) is 3.60. The third kappa shape index (κ3) is 5.44. The van der Waals surface area contributed by atoms with Crippen LogP contribution in [0.1, 0.15) is 18.4 Å². The molecule has 0 bridgehead atoms. The standard InChI is InChI=1S/C24H27F4N3O4S/c1-35-21-8-7-19(25)15-22(21)36(33,34)31-9-3-4-17(16-31)23(32)30-12-10-29(11-13-30)20-6-2-5-18(14-20)24(26,27)28/h2,5-8,14-15,17H,3-4,9-13,16H2,1H3/t17-/m0/s1. The minimum atomic E-state index is -4.43. The number of ether oxygens (including phenoxy) is 1. The Morgan fingerprint density at radius 3 is 2.42 bits per heavy atom. The molecule has 196 valence electrons.